The SMILES string of the molecule is CC(C)(C)OC(=O)N1CCC2(CC1)CCC(c1cccc(F)c1)(N1CCCC1)CC2. The molecule has 2 heterocycles. The monoisotopic (exact) mass is 416 g/mol. The molecule has 4 rings (SSSR count). The van der Waals surface area contributed by atoms with Gasteiger partial charge in [0.25, 0.3) is 0 Å². The molecule has 4 nitrogen and oxygen atoms in total. The molecule has 1 aromatic carbocycles. The van der Waals surface area contributed by atoms with Crippen molar-refractivity contribution in [2.45, 2.75) is 83.3 Å². The number of hydrogen-bond donors (Lipinski definition) is 0. The van der Waals surface area contributed by atoms with E-state index >= 15 is 0 Å². The van der Waals surface area contributed by atoms with Gasteiger partial charge in [0.05, 0.1) is 0 Å². The van der Waals surface area contributed by atoms with Gasteiger partial charge in [-0.3, -0.25) is 4.90 Å². The van der Waals surface area contributed by atoms with Gasteiger partial charge in [-0.05, 0) is 108 Å². The molecule has 1 saturated carbocycles. The molecule has 1 aromatic rings. The van der Waals surface area contributed by atoms with Crippen LogP contribution in [0.5, 0.6) is 0 Å². The van der Waals surface area contributed by atoms with Crippen LogP contribution in [0, 0.1) is 11.2 Å². The molecule has 0 atom stereocenters. The number of nitrogens with zero attached hydrogens (tertiary/aromatic N) is 2. The van der Waals surface area contributed by atoms with Gasteiger partial charge in [0, 0.05) is 18.6 Å². The van der Waals surface area contributed by atoms with Crippen molar-refractivity contribution in [3.63, 3.8) is 0 Å². The lowest BCUT2D eigenvalue weighted by Crippen LogP contribution is -2.52. The van der Waals surface area contributed by atoms with Crippen LogP contribution in [-0.2, 0) is 10.3 Å². The zero-order chi connectivity index (χ0) is 21.4. The molecule has 0 unspecified atom stereocenters. The van der Waals surface area contributed by atoms with Crippen LogP contribution >= 0.6 is 0 Å². The first-order chi connectivity index (χ1) is 14.2. The van der Waals surface area contributed by atoms with Crippen molar-refractivity contribution in [3.8, 4) is 0 Å². The molecule has 0 N–H and O–H groups in total. The van der Waals surface area contributed by atoms with Crippen LogP contribution in [0.25, 0.3) is 0 Å². The predicted molar refractivity (Wildman–Crippen MR) is 117 cm³/mol. The molecule has 0 aromatic heterocycles. The number of ether oxygens (including phenoxy) is 1. The smallest absolute Gasteiger partial charge is 0.410 e. The van der Waals surface area contributed by atoms with Gasteiger partial charge in [0.1, 0.15) is 11.4 Å². The highest BCUT2D eigenvalue weighted by molar-refractivity contribution is 5.68. The lowest BCUT2D eigenvalue weighted by molar-refractivity contribution is -0.0231. The van der Waals surface area contributed by atoms with E-state index in [2.05, 4.69) is 11.0 Å². The normalized spacial score (nSPS) is 24.2. The summed E-state index contributed by atoms with van der Waals surface area (Å²) in [6.45, 7) is 9.56. The van der Waals surface area contributed by atoms with Gasteiger partial charge < -0.3 is 9.64 Å². The number of likely N-dealkylation sites (tertiary alicyclic amines) is 2. The predicted octanol–water partition coefficient (Wildman–Crippen LogP) is 5.71. The highest BCUT2D eigenvalue weighted by Gasteiger charge is 2.48. The van der Waals surface area contributed by atoms with Gasteiger partial charge in [-0.25, -0.2) is 9.18 Å². The average Bonchev–Trinajstić information content (AvgIpc) is 3.23. The third-order valence-electron chi connectivity index (χ3n) is 7.69. The van der Waals surface area contributed by atoms with E-state index in [1.165, 1.54) is 12.8 Å². The summed E-state index contributed by atoms with van der Waals surface area (Å²) in [6, 6.07) is 7.32. The van der Waals surface area contributed by atoms with Crippen LogP contribution in [0.2, 0.25) is 0 Å². The zero-order valence-electron chi connectivity index (χ0n) is 18.9. The second-order valence-corrected chi connectivity index (χ2v) is 10.7. The Morgan fingerprint density at radius 1 is 0.967 bits per heavy atom. The maximum atomic E-state index is 14.1. The Hall–Kier alpha value is -1.62. The summed E-state index contributed by atoms with van der Waals surface area (Å²) in [5.74, 6) is -0.128. The zero-order valence-corrected chi connectivity index (χ0v) is 18.9. The summed E-state index contributed by atoms with van der Waals surface area (Å²) in [5, 5.41) is 0. The molecule has 3 fully saturated rings. The molecule has 166 valence electrons. The van der Waals surface area contributed by atoms with Gasteiger partial charge in [-0.2, -0.15) is 0 Å². The molecule has 1 amide bonds. The lowest BCUT2D eigenvalue weighted by atomic mass is 9.61. The molecule has 5 heteroatoms. The van der Waals surface area contributed by atoms with Crippen molar-refractivity contribution < 1.29 is 13.9 Å². The van der Waals surface area contributed by atoms with E-state index < -0.39 is 5.60 Å². The fraction of sp³-hybridized carbons (Fsp3) is 0.720. The average molecular weight is 417 g/mol. The van der Waals surface area contributed by atoms with E-state index in [-0.39, 0.29) is 17.4 Å². The molecule has 1 spiro atoms. The molecule has 2 aliphatic heterocycles. The maximum Gasteiger partial charge on any atom is 0.410 e. The third-order valence-corrected chi connectivity index (χ3v) is 7.69. The number of carbonyl (C=O) groups is 1. The largest absolute Gasteiger partial charge is 0.444 e. The van der Waals surface area contributed by atoms with Crippen LogP contribution in [0.4, 0.5) is 9.18 Å². The number of amides is 1. The summed E-state index contributed by atoms with van der Waals surface area (Å²) in [7, 11) is 0. The Labute approximate surface area is 180 Å². The minimum atomic E-state index is -0.447. The first-order valence-electron chi connectivity index (χ1n) is 11.7. The highest BCUT2D eigenvalue weighted by atomic mass is 19.1. The number of benzene rings is 1. The highest BCUT2D eigenvalue weighted by Crippen LogP contribution is 2.53. The van der Waals surface area contributed by atoms with Crippen molar-refractivity contribution in [2.24, 2.45) is 5.41 Å². The van der Waals surface area contributed by atoms with Gasteiger partial charge in [0.2, 0.25) is 0 Å². The minimum Gasteiger partial charge on any atom is -0.444 e. The van der Waals surface area contributed by atoms with Crippen molar-refractivity contribution in [3.05, 3.63) is 35.6 Å². The van der Waals surface area contributed by atoms with Crippen molar-refractivity contribution in [1.82, 2.24) is 9.80 Å². The van der Waals surface area contributed by atoms with Crippen LogP contribution in [0.1, 0.15) is 77.7 Å². The van der Waals surface area contributed by atoms with E-state index in [1.54, 1.807) is 12.1 Å². The van der Waals surface area contributed by atoms with Gasteiger partial charge >= 0.3 is 6.09 Å². The van der Waals surface area contributed by atoms with Crippen molar-refractivity contribution >= 4 is 6.09 Å². The molecule has 2 saturated heterocycles. The maximum absolute atomic E-state index is 14.1. The van der Waals surface area contributed by atoms with Crippen LogP contribution in [0.3, 0.4) is 0 Å². The molecular formula is C25H37FN2O2. The standard InChI is InChI=1S/C25H37FN2O2/c1-23(2,3)30-22(29)27-17-13-24(14-18-27)9-11-25(12-10-24,28-15-4-5-16-28)20-7-6-8-21(26)19-20/h6-8,19H,4-5,9-18H2,1-3H3. The number of halogens is 1. The quantitative estimate of drug-likeness (QED) is 0.619. The Balaban J connectivity index is 1.44. The van der Waals surface area contributed by atoms with E-state index in [0.29, 0.717) is 5.41 Å². The number of hydrogen-bond acceptors (Lipinski definition) is 3. The summed E-state index contributed by atoms with van der Waals surface area (Å²) in [5.41, 5.74) is 1.00. The number of piperidine rings is 1. The fourth-order valence-corrected chi connectivity index (χ4v) is 5.89. The Bertz CT molecular complexity index is 749. The molecular weight excluding hydrogens is 379 g/mol. The van der Waals surface area contributed by atoms with E-state index in [9.17, 15) is 9.18 Å². The van der Waals surface area contributed by atoms with Gasteiger partial charge in [-0.15, -0.1) is 0 Å². The second-order valence-electron chi connectivity index (χ2n) is 10.7. The summed E-state index contributed by atoms with van der Waals surface area (Å²) in [6.07, 6.45) is 8.88. The minimum absolute atomic E-state index is 0.0217. The summed E-state index contributed by atoms with van der Waals surface area (Å²) in [4.78, 5) is 17.0. The third kappa shape index (κ3) is 4.37. The molecule has 0 bridgehead atoms. The summed E-state index contributed by atoms with van der Waals surface area (Å²) < 4.78 is 19.7. The fourth-order valence-electron chi connectivity index (χ4n) is 5.89. The molecule has 30 heavy (non-hydrogen) atoms. The van der Waals surface area contributed by atoms with E-state index in [4.69, 9.17) is 4.74 Å². The topological polar surface area (TPSA) is 32.8 Å². The van der Waals surface area contributed by atoms with E-state index in [1.807, 2.05) is 31.7 Å². The van der Waals surface area contributed by atoms with Crippen molar-refractivity contribution in [1.29, 1.82) is 0 Å². The Morgan fingerprint density at radius 3 is 2.17 bits per heavy atom. The molecule has 0 radical (unpaired) electrons. The first kappa shape index (κ1) is 21.6. The van der Waals surface area contributed by atoms with Gasteiger partial charge in [0.15, 0.2) is 0 Å². The number of carbonyl (C=O) groups excluding carboxylic acids is 1. The van der Waals surface area contributed by atoms with Crippen LogP contribution in [0.15, 0.2) is 24.3 Å². The molecule has 3 aliphatic rings. The number of rotatable bonds is 2. The Kier molecular flexibility index (Phi) is 5.86. The van der Waals surface area contributed by atoms with Crippen LogP contribution < -0.4 is 0 Å². The van der Waals surface area contributed by atoms with E-state index in [0.717, 1.165) is 70.3 Å². The van der Waals surface area contributed by atoms with Crippen molar-refractivity contribution in [2.75, 3.05) is 26.2 Å². The van der Waals surface area contributed by atoms with Crippen LogP contribution in [-0.4, -0.2) is 47.7 Å². The van der Waals surface area contributed by atoms with Gasteiger partial charge in [-0.1, -0.05) is 12.1 Å². The molecule has 1 aliphatic carbocycles. The summed E-state index contributed by atoms with van der Waals surface area (Å²) >= 11 is 0. The first-order valence-corrected chi connectivity index (χ1v) is 11.7. The second kappa shape index (κ2) is 8.14. The Morgan fingerprint density at radius 2 is 1.60 bits per heavy atom. The lowest BCUT2D eigenvalue weighted by Gasteiger charge is -2.53.